The number of carbonyl (C=O) groups excluding carboxylic acids is 1. The summed E-state index contributed by atoms with van der Waals surface area (Å²) in [5.41, 5.74) is 0.476. The smallest absolute Gasteiger partial charge is 0.342 e. The molecule has 0 spiro atoms. The Bertz CT molecular complexity index is 309. The molecule has 0 aliphatic heterocycles. The summed E-state index contributed by atoms with van der Waals surface area (Å²) in [5.74, 6) is -0.339. The van der Waals surface area contributed by atoms with Crippen LogP contribution in [0, 0.1) is 0 Å². The Kier molecular flexibility index (Phi) is 3.48. The monoisotopic (exact) mass is 246 g/mol. The first kappa shape index (κ1) is 10.2. The van der Waals surface area contributed by atoms with Crippen molar-refractivity contribution in [3.05, 3.63) is 16.4 Å². The first-order valence-corrected chi connectivity index (χ1v) is 4.88. The van der Waals surface area contributed by atoms with Crippen molar-refractivity contribution in [3.63, 3.8) is 0 Å². The van der Waals surface area contributed by atoms with Crippen molar-refractivity contribution in [3.8, 4) is 0 Å². The van der Waals surface area contributed by atoms with Crippen molar-refractivity contribution in [1.29, 1.82) is 0 Å². The molecule has 1 aromatic heterocycles. The van der Waals surface area contributed by atoms with Crippen LogP contribution in [-0.2, 0) is 11.3 Å². The van der Waals surface area contributed by atoms with Gasteiger partial charge in [-0.2, -0.15) is 5.10 Å². The van der Waals surface area contributed by atoms with E-state index in [1.807, 2.05) is 6.92 Å². The van der Waals surface area contributed by atoms with Gasteiger partial charge in [-0.15, -0.1) is 0 Å². The number of ether oxygens (including phenoxy) is 1. The van der Waals surface area contributed by atoms with Gasteiger partial charge in [0.2, 0.25) is 0 Å². The molecule has 0 unspecified atom stereocenters. The van der Waals surface area contributed by atoms with Crippen molar-refractivity contribution in [1.82, 2.24) is 9.78 Å². The fourth-order valence-corrected chi connectivity index (χ4v) is 1.54. The van der Waals surface area contributed by atoms with Crippen LogP contribution < -0.4 is 0 Å². The summed E-state index contributed by atoms with van der Waals surface area (Å²) < 4.78 is 7.21. The molecule has 0 saturated heterocycles. The van der Waals surface area contributed by atoms with Crippen LogP contribution in [0.5, 0.6) is 0 Å². The third-order valence-electron chi connectivity index (χ3n) is 1.57. The molecule has 1 rings (SSSR count). The number of nitrogens with zero attached hydrogens (tertiary/aromatic N) is 2. The Morgan fingerprint density at radius 2 is 2.38 bits per heavy atom. The van der Waals surface area contributed by atoms with E-state index >= 15 is 0 Å². The van der Waals surface area contributed by atoms with Gasteiger partial charge in [0.05, 0.1) is 12.8 Å². The second-order valence-electron chi connectivity index (χ2n) is 2.39. The zero-order chi connectivity index (χ0) is 9.84. The van der Waals surface area contributed by atoms with E-state index in [0.717, 1.165) is 6.54 Å². The number of hydrogen-bond donors (Lipinski definition) is 0. The number of carbonyl (C=O) groups is 1. The molecular weight excluding hydrogens is 236 g/mol. The predicted molar refractivity (Wildman–Crippen MR) is 51.6 cm³/mol. The van der Waals surface area contributed by atoms with Crippen molar-refractivity contribution < 1.29 is 9.53 Å². The Hall–Kier alpha value is -0.840. The molecule has 0 radical (unpaired) electrons. The van der Waals surface area contributed by atoms with Crippen LogP contribution in [0.15, 0.2) is 10.8 Å². The van der Waals surface area contributed by atoms with Gasteiger partial charge in [-0.1, -0.05) is 0 Å². The maximum absolute atomic E-state index is 11.3. The highest BCUT2D eigenvalue weighted by Crippen LogP contribution is 2.16. The molecule has 1 heterocycles. The summed E-state index contributed by atoms with van der Waals surface area (Å²) in [6.45, 7) is 4.82. The van der Waals surface area contributed by atoms with Crippen LogP contribution in [0.25, 0.3) is 0 Å². The fourth-order valence-electron chi connectivity index (χ4n) is 0.937. The van der Waals surface area contributed by atoms with E-state index in [-0.39, 0.29) is 5.97 Å². The van der Waals surface area contributed by atoms with Crippen LogP contribution in [0.3, 0.4) is 0 Å². The number of hydrogen-bond acceptors (Lipinski definition) is 3. The Labute approximate surface area is 85.0 Å². The molecule has 72 valence electrons. The van der Waals surface area contributed by atoms with Gasteiger partial charge < -0.3 is 4.74 Å². The molecule has 1 aromatic rings. The van der Waals surface area contributed by atoms with Gasteiger partial charge in [-0.25, -0.2) is 4.79 Å². The molecule has 4 nitrogen and oxygen atoms in total. The molecule has 0 saturated carbocycles. The minimum Gasteiger partial charge on any atom is -0.462 e. The van der Waals surface area contributed by atoms with Crippen molar-refractivity contribution >= 4 is 21.9 Å². The second-order valence-corrected chi connectivity index (χ2v) is 3.14. The summed E-state index contributed by atoms with van der Waals surface area (Å²) in [6.07, 6.45) is 1.51. The molecule has 0 aromatic carbocycles. The molecule has 0 aliphatic carbocycles. The lowest BCUT2D eigenvalue weighted by atomic mass is 10.4. The lowest BCUT2D eigenvalue weighted by molar-refractivity contribution is 0.0525. The number of esters is 1. The van der Waals surface area contributed by atoms with Gasteiger partial charge in [-0.05, 0) is 29.8 Å². The molecule has 0 fully saturated rings. The van der Waals surface area contributed by atoms with E-state index in [9.17, 15) is 4.79 Å². The second kappa shape index (κ2) is 4.41. The minimum absolute atomic E-state index is 0.339. The van der Waals surface area contributed by atoms with Crippen LogP contribution in [0.1, 0.15) is 24.2 Å². The zero-order valence-electron chi connectivity index (χ0n) is 7.58. The van der Waals surface area contributed by atoms with E-state index in [1.54, 1.807) is 11.6 Å². The Morgan fingerprint density at radius 3 is 2.85 bits per heavy atom. The molecule has 0 aliphatic rings. The van der Waals surface area contributed by atoms with E-state index in [2.05, 4.69) is 21.0 Å². The van der Waals surface area contributed by atoms with Crippen molar-refractivity contribution in [2.45, 2.75) is 20.4 Å². The SMILES string of the molecule is CCOC(=O)c1cnn(CC)c1Br. The molecule has 5 heteroatoms. The highest BCUT2D eigenvalue weighted by atomic mass is 79.9. The Morgan fingerprint density at radius 1 is 1.69 bits per heavy atom. The standard InChI is InChI=1S/C8H11BrN2O2/c1-3-11-7(9)6(5-10-11)8(12)13-4-2/h5H,3-4H2,1-2H3. The largest absolute Gasteiger partial charge is 0.462 e. The first-order chi connectivity index (χ1) is 6.20. The van der Waals surface area contributed by atoms with Crippen molar-refractivity contribution in [2.75, 3.05) is 6.61 Å². The average molecular weight is 247 g/mol. The first-order valence-electron chi connectivity index (χ1n) is 4.09. The maximum Gasteiger partial charge on any atom is 0.342 e. The van der Waals surface area contributed by atoms with E-state index in [4.69, 9.17) is 4.74 Å². The minimum atomic E-state index is -0.339. The number of aryl methyl sites for hydroxylation is 1. The maximum atomic E-state index is 11.3. The lowest BCUT2D eigenvalue weighted by Gasteiger charge is -2.00. The van der Waals surface area contributed by atoms with Gasteiger partial charge in [0, 0.05) is 6.54 Å². The predicted octanol–water partition coefficient (Wildman–Crippen LogP) is 1.84. The highest BCUT2D eigenvalue weighted by molar-refractivity contribution is 9.10. The van der Waals surface area contributed by atoms with Gasteiger partial charge >= 0.3 is 5.97 Å². The summed E-state index contributed by atoms with van der Waals surface area (Å²) in [5, 5.41) is 4.01. The summed E-state index contributed by atoms with van der Waals surface area (Å²) in [7, 11) is 0. The average Bonchev–Trinajstić information content (AvgIpc) is 2.47. The highest BCUT2D eigenvalue weighted by Gasteiger charge is 2.15. The summed E-state index contributed by atoms with van der Waals surface area (Å²) in [6, 6.07) is 0. The fraction of sp³-hybridized carbons (Fsp3) is 0.500. The zero-order valence-corrected chi connectivity index (χ0v) is 9.17. The molecule has 13 heavy (non-hydrogen) atoms. The molecular formula is C8H11BrN2O2. The number of aromatic nitrogens is 2. The normalized spacial score (nSPS) is 10.1. The molecule has 0 atom stereocenters. The number of rotatable bonds is 3. The van der Waals surface area contributed by atoms with E-state index in [0.29, 0.717) is 16.8 Å². The van der Waals surface area contributed by atoms with Crippen molar-refractivity contribution in [2.24, 2.45) is 0 Å². The quantitative estimate of drug-likeness (QED) is 0.765. The van der Waals surface area contributed by atoms with Crippen LogP contribution in [0.2, 0.25) is 0 Å². The topological polar surface area (TPSA) is 44.1 Å². The summed E-state index contributed by atoms with van der Waals surface area (Å²) in [4.78, 5) is 11.3. The summed E-state index contributed by atoms with van der Waals surface area (Å²) >= 11 is 3.28. The Balaban J connectivity index is 2.89. The molecule has 0 N–H and O–H groups in total. The van der Waals surface area contributed by atoms with Gasteiger partial charge in [0.25, 0.3) is 0 Å². The molecule has 0 amide bonds. The van der Waals surface area contributed by atoms with Gasteiger partial charge in [0.15, 0.2) is 0 Å². The van der Waals surface area contributed by atoms with Crippen LogP contribution >= 0.6 is 15.9 Å². The van der Waals surface area contributed by atoms with E-state index in [1.165, 1.54) is 6.20 Å². The van der Waals surface area contributed by atoms with Crippen LogP contribution in [-0.4, -0.2) is 22.4 Å². The number of halogens is 1. The third-order valence-corrected chi connectivity index (χ3v) is 2.41. The van der Waals surface area contributed by atoms with Crippen LogP contribution in [0.4, 0.5) is 0 Å². The molecule has 0 bridgehead atoms. The third kappa shape index (κ3) is 2.09. The van der Waals surface area contributed by atoms with Gasteiger partial charge in [0.1, 0.15) is 10.2 Å². The lowest BCUT2D eigenvalue weighted by Crippen LogP contribution is -2.05. The van der Waals surface area contributed by atoms with E-state index < -0.39 is 0 Å². The van der Waals surface area contributed by atoms with Gasteiger partial charge in [-0.3, -0.25) is 4.68 Å².